The summed E-state index contributed by atoms with van der Waals surface area (Å²) in [6.45, 7) is 1.71. The molecule has 208 valence electrons. The Labute approximate surface area is 232 Å². The lowest BCUT2D eigenvalue weighted by atomic mass is 10.0. The van der Waals surface area contributed by atoms with Crippen molar-refractivity contribution in [2.45, 2.75) is 19.4 Å². The third-order valence-electron chi connectivity index (χ3n) is 6.56. The summed E-state index contributed by atoms with van der Waals surface area (Å²) < 4.78 is 21.5. The molecule has 1 heterocycles. The number of nitrogens with two attached hydrogens (primary N) is 1. The van der Waals surface area contributed by atoms with E-state index in [1.54, 1.807) is 43.3 Å². The highest BCUT2D eigenvalue weighted by atomic mass is 16.5. The highest BCUT2D eigenvalue weighted by molar-refractivity contribution is 6.11. The standard InChI is InChI=1S/C31H33N3O6/c1-18(29(35)22-16-27(38-3)30(40-5)28(17-22)39-4)12-19-7-9-26(37-2)25(15-19)34-31(36)23(32)14-20-6-8-24-21(13-20)10-11-33-24/h6-13,15-17,23,33H,14,32H2,1-5H3,(H,34,36). The van der Waals surface area contributed by atoms with Crippen molar-refractivity contribution in [3.05, 3.63) is 83.1 Å². The topological polar surface area (TPSA) is 125 Å². The van der Waals surface area contributed by atoms with Gasteiger partial charge < -0.3 is 35.0 Å². The van der Waals surface area contributed by atoms with Gasteiger partial charge in [0.05, 0.1) is 40.2 Å². The fourth-order valence-electron chi connectivity index (χ4n) is 4.47. The van der Waals surface area contributed by atoms with Crippen molar-refractivity contribution in [3.8, 4) is 23.0 Å². The summed E-state index contributed by atoms with van der Waals surface area (Å²) in [5.41, 5.74) is 10.2. The molecule has 0 spiro atoms. The summed E-state index contributed by atoms with van der Waals surface area (Å²) in [5, 5.41) is 3.93. The second kappa shape index (κ2) is 12.4. The molecule has 4 N–H and O–H groups in total. The van der Waals surface area contributed by atoms with E-state index in [0.29, 0.717) is 51.8 Å². The highest BCUT2D eigenvalue weighted by Gasteiger charge is 2.19. The van der Waals surface area contributed by atoms with Crippen molar-refractivity contribution in [2.24, 2.45) is 5.73 Å². The Morgan fingerprint density at radius 1 is 0.900 bits per heavy atom. The lowest BCUT2D eigenvalue weighted by Crippen LogP contribution is -2.37. The summed E-state index contributed by atoms with van der Waals surface area (Å²) in [7, 11) is 6.01. The van der Waals surface area contributed by atoms with Gasteiger partial charge in [-0.05, 0) is 84.0 Å². The van der Waals surface area contributed by atoms with Gasteiger partial charge in [-0.1, -0.05) is 12.1 Å². The van der Waals surface area contributed by atoms with Crippen LogP contribution in [0.25, 0.3) is 17.0 Å². The molecule has 1 unspecified atom stereocenters. The van der Waals surface area contributed by atoms with Crippen LogP contribution in [0.1, 0.15) is 28.4 Å². The maximum Gasteiger partial charge on any atom is 0.241 e. The van der Waals surface area contributed by atoms with Crippen LogP contribution >= 0.6 is 0 Å². The SMILES string of the molecule is COc1ccc(C=C(C)C(=O)c2cc(OC)c(OC)c(OC)c2)cc1NC(=O)C(N)Cc1ccc2[nH]ccc2c1. The number of aromatic amines is 1. The minimum absolute atomic E-state index is 0.220. The number of allylic oxidation sites excluding steroid dienone is 1. The number of methoxy groups -OCH3 is 4. The van der Waals surface area contributed by atoms with Crippen LogP contribution in [-0.2, 0) is 11.2 Å². The average molecular weight is 544 g/mol. The van der Waals surface area contributed by atoms with E-state index in [1.807, 2.05) is 30.5 Å². The molecule has 9 heteroatoms. The van der Waals surface area contributed by atoms with E-state index in [2.05, 4.69) is 10.3 Å². The van der Waals surface area contributed by atoms with E-state index >= 15 is 0 Å². The number of rotatable bonds is 11. The Balaban J connectivity index is 1.53. The number of carbonyl (C=O) groups is 2. The molecule has 0 aliphatic carbocycles. The van der Waals surface area contributed by atoms with Crippen LogP contribution in [0.3, 0.4) is 0 Å². The maximum atomic E-state index is 13.3. The van der Waals surface area contributed by atoms with Crippen molar-refractivity contribution in [3.63, 3.8) is 0 Å². The third-order valence-corrected chi connectivity index (χ3v) is 6.56. The first-order valence-corrected chi connectivity index (χ1v) is 12.6. The van der Waals surface area contributed by atoms with Crippen molar-refractivity contribution < 1.29 is 28.5 Å². The Morgan fingerprint density at radius 2 is 1.60 bits per heavy atom. The van der Waals surface area contributed by atoms with Gasteiger partial charge in [-0.15, -0.1) is 0 Å². The van der Waals surface area contributed by atoms with Crippen LogP contribution in [0.4, 0.5) is 5.69 Å². The number of nitrogens with one attached hydrogen (secondary N) is 2. The zero-order valence-electron chi connectivity index (χ0n) is 23.2. The Kier molecular flexibility index (Phi) is 8.76. The minimum atomic E-state index is -0.774. The first kappa shape index (κ1) is 28.3. The van der Waals surface area contributed by atoms with Gasteiger partial charge in [-0.2, -0.15) is 0 Å². The number of amides is 1. The molecular formula is C31H33N3O6. The lowest BCUT2D eigenvalue weighted by molar-refractivity contribution is -0.117. The van der Waals surface area contributed by atoms with Crippen LogP contribution in [0.15, 0.2) is 66.4 Å². The molecule has 1 atom stereocenters. The zero-order valence-corrected chi connectivity index (χ0v) is 23.2. The molecule has 40 heavy (non-hydrogen) atoms. The molecule has 0 saturated carbocycles. The first-order valence-electron chi connectivity index (χ1n) is 12.6. The van der Waals surface area contributed by atoms with Gasteiger partial charge in [-0.25, -0.2) is 0 Å². The fourth-order valence-corrected chi connectivity index (χ4v) is 4.47. The molecular weight excluding hydrogens is 510 g/mol. The number of aromatic nitrogens is 1. The number of ether oxygens (including phenoxy) is 4. The number of anilines is 1. The molecule has 9 nitrogen and oxygen atoms in total. The molecule has 0 bridgehead atoms. The van der Waals surface area contributed by atoms with Crippen LogP contribution < -0.4 is 30.0 Å². The number of hydrogen-bond donors (Lipinski definition) is 3. The number of Topliss-reactive ketones (excluding diaryl/α,β-unsaturated/α-hetero) is 1. The van der Waals surface area contributed by atoms with Gasteiger partial charge in [0.2, 0.25) is 11.7 Å². The quantitative estimate of drug-likeness (QED) is 0.180. The summed E-state index contributed by atoms with van der Waals surface area (Å²) in [5.74, 6) is 1.08. The molecule has 1 aromatic heterocycles. The van der Waals surface area contributed by atoms with Gasteiger partial charge in [0.15, 0.2) is 17.3 Å². The predicted octanol–water partition coefficient (Wildman–Crippen LogP) is 5.00. The fraction of sp³-hybridized carbons (Fsp3) is 0.226. The summed E-state index contributed by atoms with van der Waals surface area (Å²) >= 11 is 0. The van der Waals surface area contributed by atoms with Crippen LogP contribution in [0.2, 0.25) is 0 Å². The summed E-state index contributed by atoms with van der Waals surface area (Å²) in [6, 6.07) is 15.6. The molecule has 0 saturated heterocycles. The number of fused-ring (bicyclic) bond motifs is 1. The maximum absolute atomic E-state index is 13.3. The number of hydrogen-bond acceptors (Lipinski definition) is 7. The first-order chi connectivity index (χ1) is 19.3. The smallest absolute Gasteiger partial charge is 0.241 e. The van der Waals surface area contributed by atoms with Crippen molar-refractivity contribution >= 4 is 34.4 Å². The van der Waals surface area contributed by atoms with Crippen molar-refractivity contribution in [2.75, 3.05) is 33.8 Å². The van der Waals surface area contributed by atoms with Crippen molar-refractivity contribution in [1.82, 2.24) is 4.98 Å². The molecule has 4 rings (SSSR count). The second-order valence-corrected chi connectivity index (χ2v) is 9.23. The summed E-state index contributed by atoms with van der Waals surface area (Å²) in [6.07, 6.45) is 3.97. The van der Waals surface area contributed by atoms with Crippen LogP contribution in [0.5, 0.6) is 23.0 Å². The van der Waals surface area contributed by atoms with Gasteiger partial charge >= 0.3 is 0 Å². The lowest BCUT2D eigenvalue weighted by Gasteiger charge is -2.15. The average Bonchev–Trinajstić information content (AvgIpc) is 3.44. The number of ketones is 1. The van der Waals surface area contributed by atoms with Crippen molar-refractivity contribution in [1.29, 1.82) is 0 Å². The van der Waals surface area contributed by atoms with Crippen LogP contribution in [0, 0.1) is 0 Å². The second-order valence-electron chi connectivity index (χ2n) is 9.23. The van der Waals surface area contributed by atoms with E-state index in [-0.39, 0.29) is 11.7 Å². The van der Waals surface area contributed by atoms with Gasteiger partial charge in [0.1, 0.15) is 5.75 Å². The molecule has 3 aromatic carbocycles. The number of benzene rings is 3. The number of carbonyl (C=O) groups excluding carboxylic acids is 2. The Hall–Kier alpha value is -4.76. The van der Waals surface area contributed by atoms with Crippen LogP contribution in [-0.4, -0.2) is 51.2 Å². The largest absolute Gasteiger partial charge is 0.495 e. The molecule has 4 aromatic rings. The molecule has 0 aliphatic heterocycles. The van der Waals surface area contributed by atoms with E-state index < -0.39 is 6.04 Å². The zero-order chi connectivity index (χ0) is 28.8. The number of H-pyrrole nitrogens is 1. The van der Waals surface area contributed by atoms with E-state index in [1.165, 1.54) is 28.4 Å². The third kappa shape index (κ3) is 6.10. The van der Waals surface area contributed by atoms with Gasteiger partial charge in [0.25, 0.3) is 0 Å². The molecule has 0 fully saturated rings. The Morgan fingerprint density at radius 3 is 2.25 bits per heavy atom. The van der Waals surface area contributed by atoms with E-state index in [9.17, 15) is 9.59 Å². The molecule has 0 aliphatic rings. The minimum Gasteiger partial charge on any atom is -0.495 e. The normalized spacial score (nSPS) is 12.1. The highest BCUT2D eigenvalue weighted by Crippen LogP contribution is 2.39. The molecule has 1 amide bonds. The molecule has 0 radical (unpaired) electrons. The monoisotopic (exact) mass is 543 g/mol. The van der Waals surface area contributed by atoms with Gasteiger partial charge in [-0.3, -0.25) is 9.59 Å². The predicted molar refractivity (Wildman–Crippen MR) is 156 cm³/mol. The summed E-state index contributed by atoms with van der Waals surface area (Å²) in [4.78, 5) is 29.4. The van der Waals surface area contributed by atoms with E-state index in [0.717, 1.165) is 16.5 Å². The van der Waals surface area contributed by atoms with Gasteiger partial charge in [0, 0.05) is 17.3 Å². The Bertz CT molecular complexity index is 1550. The van der Waals surface area contributed by atoms with E-state index in [4.69, 9.17) is 24.7 Å².